The Morgan fingerprint density at radius 1 is 1.35 bits per heavy atom. The van der Waals surface area contributed by atoms with Crippen molar-refractivity contribution < 1.29 is 4.79 Å². The second kappa shape index (κ2) is 5.77. The minimum Gasteiger partial charge on any atom is -0.341 e. The summed E-state index contributed by atoms with van der Waals surface area (Å²) in [5.74, 6) is 3.10. The summed E-state index contributed by atoms with van der Waals surface area (Å²) in [7, 11) is 1.93. The first-order valence-electron chi connectivity index (χ1n) is 7.57. The molecule has 2 aliphatic rings. The number of rotatable bonds is 4. The number of carbonyl (C=O) groups excluding carboxylic acids is 1. The van der Waals surface area contributed by atoms with E-state index < -0.39 is 0 Å². The molecule has 20 heavy (non-hydrogen) atoms. The molecule has 0 saturated heterocycles. The standard InChI is InChI=1S/C17H22ClNO/c1-19(11-16-8-12-5-6-14(16)7-12)17(20)15-4-2-3-13(9-15)10-18/h2-4,9,12,14,16H,5-8,10-11H2,1H3. The average molecular weight is 292 g/mol. The Labute approximate surface area is 126 Å². The van der Waals surface area contributed by atoms with Crippen LogP contribution in [0.1, 0.15) is 41.6 Å². The van der Waals surface area contributed by atoms with Crippen LogP contribution in [-0.2, 0) is 5.88 Å². The molecule has 0 aromatic heterocycles. The first kappa shape index (κ1) is 13.9. The second-order valence-corrected chi connectivity index (χ2v) is 6.72. The summed E-state index contributed by atoms with van der Waals surface area (Å²) in [5, 5.41) is 0. The third-order valence-electron chi connectivity index (χ3n) is 5.07. The lowest BCUT2D eigenvalue weighted by Crippen LogP contribution is -2.33. The average Bonchev–Trinajstić information content (AvgIpc) is 3.09. The summed E-state index contributed by atoms with van der Waals surface area (Å²) in [4.78, 5) is 14.4. The zero-order valence-electron chi connectivity index (χ0n) is 12.0. The topological polar surface area (TPSA) is 20.3 Å². The molecule has 1 aromatic carbocycles. The van der Waals surface area contributed by atoms with Gasteiger partial charge in [0.1, 0.15) is 0 Å². The lowest BCUT2D eigenvalue weighted by atomic mass is 9.88. The smallest absolute Gasteiger partial charge is 0.253 e. The van der Waals surface area contributed by atoms with Crippen LogP contribution in [0.5, 0.6) is 0 Å². The van der Waals surface area contributed by atoms with Crippen LogP contribution in [0.25, 0.3) is 0 Å². The van der Waals surface area contributed by atoms with Crippen molar-refractivity contribution in [2.75, 3.05) is 13.6 Å². The highest BCUT2D eigenvalue weighted by Gasteiger charge is 2.40. The van der Waals surface area contributed by atoms with Gasteiger partial charge in [0, 0.05) is 25.0 Å². The maximum absolute atomic E-state index is 12.5. The van der Waals surface area contributed by atoms with Crippen LogP contribution < -0.4 is 0 Å². The van der Waals surface area contributed by atoms with Gasteiger partial charge in [0.2, 0.25) is 0 Å². The van der Waals surface area contributed by atoms with Gasteiger partial charge in [0.05, 0.1) is 0 Å². The molecule has 3 unspecified atom stereocenters. The summed E-state index contributed by atoms with van der Waals surface area (Å²) in [6, 6.07) is 7.67. The van der Waals surface area contributed by atoms with Gasteiger partial charge in [-0.25, -0.2) is 0 Å². The zero-order valence-corrected chi connectivity index (χ0v) is 12.8. The summed E-state index contributed by atoms with van der Waals surface area (Å²) in [5.41, 5.74) is 1.76. The van der Waals surface area contributed by atoms with Crippen LogP contribution in [0, 0.1) is 17.8 Å². The van der Waals surface area contributed by atoms with Crippen molar-refractivity contribution in [2.45, 2.75) is 31.6 Å². The van der Waals surface area contributed by atoms with Crippen LogP contribution in [0.15, 0.2) is 24.3 Å². The molecule has 2 saturated carbocycles. The molecule has 1 aromatic rings. The van der Waals surface area contributed by atoms with Gasteiger partial charge in [-0.3, -0.25) is 4.79 Å². The molecule has 2 aliphatic carbocycles. The van der Waals surface area contributed by atoms with E-state index in [1.165, 1.54) is 25.7 Å². The molecule has 3 heteroatoms. The van der Waals surface area contributed by atoms with Gasteiger partial charge >= 0.3 is 0 Å². The predicted molar refractivity (Wildman–Crippen MR) is 81.9 cm³/mol. The molecule has 3 atom stereocenters. The highest BCUT2D eigenvalue weighted by Crippen LogP contribution is 2.48. The van der Waals surface area contributed by atoms with Gasteiger partial charge < -0.3 is 4.90 Å². The molecule has 2 nitrogen and oxygen atoms in total. The SMILES string of the molecule is CN(CC1CC2CCC1C2)C(=O)c1cccc(CCl)c1. The van der Waals surface area contributed by atoms with Crippen molar-refractivity contribution in [3.05, 3.63) is 35.4 Å². The van der Waals surface area contributed by atoms with E-state index in [9.17, 15) is 4.79 Å². The van der Waals surface area contributed by atoms with Gasteiger partial charge in [-0.05, 0) is 54.7 Å². The van der Waals surface area contributed by atoms with E-state index in [-0.39, 0.29) is 5.91 Å². The lowest BCUT2D eigenvalue weighted by Gasteiger charge is -2.27. The van der Waals surface area contributed by atoms with E-state index in [0.717, 1.165) is 35.4 Å². The molecular formula is C17H22ClNO. The van der Waals surface area contributed by atoms with Gasteiger partial charge in [-0.15, -0.1) is 11.6 Å². The van der Waals surface area contributed by atoms with Gasteiger partial charge in [0.25, 0.3) is 5.91 Å². The molecule has 0 radical (unpaired) electrons. The van der Waals surface area contributed by atoms with Crippen molar-refractivity contribution >= 4 is 17.5 Å². The lowest BCUT2D eigenvalue weighted by molar-refractivity contribution is 0.0754. The number of hydrogen-bond acceptors (Lipinski definition) is 1. The number of amides is 1. The maximum atomic E-state index is 12.5. The number of hydrogen-bond donors (Lipinski definition) is 0. The van der Waals surface area contributed by atoms with E-state index in [0.29, 0.717) is 5.88 Å². The monoisotopic (exact) mass is 291 g/mol. The van der Waals surface area contributed by atoms with Gasteiger partial charge in [0.15, 0.2) is 0 Å². The van der Waals surface area contributed by atoms with Crippen LogP contribution in [0.3, 0.4) is 0 Å². The third kappa shape index (κ3) is 2.71. The van der Waals surface area contributed by atoms with Crippen molar-refractivity contribution in [3.8, 4) is 0 Å². The van der Waals surface area contributed by atoms with E-state index in [1.54, 1.807) is 0 Å². The fraction of sp³-hybridized carbons (Fsp3) is 0.588. The maximum Gasteiger partial charge on any atom is 0.253 e. The summed E-state index contributed by atoms with van der Waals surface area (Å²) < 4.78 is 0. The molecule has 1 amide bonds. The molecule has 0 N–H and O–H groups in total. The quantitative estimate of drug-likeness (QED) is 0.770. The van der Waals surface area contributed by atoms with E-state index in [4.69, 9.17) is 11.6 Å². The van der Waals surface area contributed by atoms with Crippen LogP contribution in [0.2, 0.25) is 0 Å². The molecule has 0 aliphatic heterocycles. The first-order chi connectivity index (χ1) is 9.67. The number of alkyl halides is 1. The van der Waals surface area contributed by atoms with Crippen molar-refractivity contribution in [1.82, 2.24) is 4.90 Å². The fourth-order valence-electron chi connectivity index (χ4n) is 4.04. The minimum absolute atomic E-state index is 0.125. The number of fused-ring (bicyclic) bond motifs is 2. The highest BCUT2D eigenvalue weighted by molar-refractivity contribution is 6.17. The molecule has 3 rings (SSSR count). The summed E-state index contributed by atoms with van der Waals surface area (Å²) in [6.45, 7) is 0.908. The number of carbonyl (C=O) groups is 1. The normalized spacial score (nSPS) is 27.8. The van der Waals surface area contributed by atoms with Gasteiger partial charge in [-0.2, -0.15) is 0 Å². The molecule has 2 fully saturated rings. The Kier molecular flexibility index (Phi) is 4.02. The number of benzene rings is 1. The number of nitrogens with zero attached hydrogens (tertiary/aromatic N) is 1. The van der Waals surface area contributed by atoms with Crippen molar-refractivity contribution in [3.63, 3.8) is 0 Å². The minimum atomic E-state index is 0.125. The molecule has 2 bridgehead atoms. The Hall–Kier alpha value is -1.02. The van der Waals surface area contributed by atoms with Crippen LogP contribution >= 0.6 is 11.6 Å². The van der Waals surface area contributed by atoms with Crippen LogP contribution in [-0.4, -0.2) is 24.4 Å². The Balaban J connectivity index is 1.64. The number of halogens is 1. The predicted octanol–water partition coefficient (Wildman–Crippen LogP) is 3.93. The van der Waals surface area contributed by atoms with E-state index >= 15 is 0 Å². The van der Waals surface area contributed by atoms with Gasteiger partial charge in [-0.1, -0.05) is 18.6 Å². The van der Waals surface area contributed by atoms with Crippen LogP contribution in [0.4, 0.5) is 0 Å². The molecular weight excluding hydrogens is 270 g/mol. The Morgan fingerprint density at radius 3 is 2.85 bits per heavy atom. The van der Waals surface area contributed by atoms with E-state index in [1.807, 2.05) is 36.2 Å². The summed E-state index contributed by atoms with van der Waals surface area (Å²) >= 11 is 5.84. The first-order valence-corrected chi connectivity index (χ1v) is 8.11. The second-order valence-electron chi connectivity index (χ2n) is 6.45. The Bertz CT molecular complexity index is 502. The van der Waals surface area contributed by atoms with Crippen molar-refractivity contribution in [2.24, 2.45) is 17.8 Å². The third-order valence-corrected chi connectivity index (χ3v) is 5.38. The molecule has 108 valence electrons. The molecule has 0 heterocycles. The van der Waals surface area contributed by atoms with E-state index in [2.05, 4.69) is 0 Å². The van der Waals surface area contributed by atoms with Crippen molar-refractivity contribution in [1.29, 1.82) is 0 Å². The zero-order chi connectivity index (χ0) is 14.1. The molecule has 0 spiro atoms. The largest absolute Gasteiger partial charge is 0.341 e. The Morgan fingerprint density at radius 2 is 2.20 bits per heavy atom. The highest BCUT2D eigenvalue weighted by atomic mass is 35.5. The summed E-state index contributed by atoms with van der Waals surface area (Å²) in [6.07, 6.45) is 5.51. The fourth-order valence-corrected chi connectivity index (χ4v) is 4.21.